The van der Waals surface area contributed by atoms with Crippen molar-refractivity contribution in [3.63, 3.8) is 0 Å². The third kappa shape index (κ3) is 3.86. The molecule has 0 saturated carbocycles. The summed E-state index contributed by atoms with van der Waals surface area (Å²) in [5.41, 5.74) is 5.54. The largest absolute Gasteiger partial charge is 0.386 e. The fourth-order valence-electron chi connectivity index (χ4n) is 3.25. The average Bonchev–Trinajstić information content (AvgIpc) is 2.61. The number of hydrogen-bond acceptors (Lipinski definition) is 5. The van der Waals surface area contributed by atoms with Gasteiger partial charge in [0, 0.05) is 11.8 Å². The van der Waals surface area contributed by atoms with Gasteiger partial charge in [0.15, 0.2) is 15.7 Å². The molecule has 160 valence electrons. The third-order valence-electron chi connectivity index (χ3n) is 5.30. The van der Waals surface area contributed by atoms with Gasteiger partial charge in [-0.15, -0.1) is 0 Å². The second-order valence-electron chi connectivity index (χ2n) is 8.11. The van der Waals surface area contributed by atoms with Gasteiger partial charge in [-0.3, -0.25) is 9.98 Å². The van der Waals surface area contributed by atoms with Gasteiger partial charge in [0.1, 0.15) is 27.6 Å². The molecular formula is C21H22ClF2N3O2S. The highest BCUT2D eigenvalue weighted by Gasteiger charge is 2.49. The molecule has 1 atom stereocenters. The van der Waals surface area contributed by atoms with Crippen LogP contribution in [0.2, 0.25) is 5.02 Å². The minimum Gasteiger partial charge on any atom is -0.386 e. The van der Waals surface area contributed by atoms with Crippen molar-refractivity contribution < 1.29 is 17.2 Å². The molecule has 5 nitrogen and oxygen atoms in total. The molecule has 1 aliphatic heterocycles. The Kier molecular flexibility index (Phi) is 5.54. The van der Waals surface area contributed by atoms with E-state index in [1.54, 1.807) is 13.0 Å². The number of benzene rings is 1. The maximum absolute atomic E-state index is 14.7. The van der Waals surface area contributed by atoms with Crippen molar-refractivity contribution in [2.24, 2.45) is 10.7 Å². The molecule has 1 aromatic heterocycles. The lowest BCUT2D eigenvalue weighted by Crippen LogP contribution is -2.55. The molecule has 0 spiro atoms. The molecular weight excluding hydrogens is 432 g/mol. The van der Waals surface area contributed by atoms with E-state index in [4.69, 9.17) is 17.3 Å². The van der Waals surface area contributed by atoms with Crippen molar-refractivity contribution in [3.05, 3.63) is 63.7 Å². The first kappa shape index (κ1) is 22.4. The molecule has 1 aromatic carbocycles. The Morgan fingerprint density at radius 3 is 2.53 bits per heavy atom. The molecule has 2 aromatic rings. The van der Waals surface area contributed by atoms with Crippen LogP contribution in [0.3, 0.4) is 0 Å². The van der Waals surface area contributed by atoms with Crippen LogP contribution < -0.4 is 5.73 Å². The summed E-state index contributed by atoms with van der Waals surface area (Å²) in [4.78, 5) is 8.32. The zero-order valence-corrected chi connectivity index (χ0v) is 18.6. The van der Waals surface area contributed by atoms with Gasteiger partial charge < -0.3 is 5.73 Å². The van der Waals surface area contributed by atoms with Crippen molar-refractivity contribution in [1.29, 1.82) is 0 Å². The number of nitrogens with two attached hydrogens (primary N) is 1. The first-order valence-electron chi connectivity index (χ1n) is 9.15. The predicted octanol–water partition coefficient (Wildman–Crippen LogP) is 4.43. The van der Waals surface area contributed by atoms with Gasteiger partial charge in [-0.1, -0.05) is 17.7 Å². The van der Waals surface area contributed by atoms with E-state index in [0.29, 0.717) is 5.56 Å². The van der Waals surface area contributed by atoms with Gasteiger partial charge in [-0.2, -0.15) is 0 Å². The minimum absolute atomic E-state index is 0.00837. The van der Waals surface area contributed by atoms with Gasteiger partial charge in [-0.05, 0) is 63.1 Å². The minimum atomic E-state index is -3.71. The smallest absolute Gasteiger partial charge is 0.165 e. The summed E-state index contributed by atoms with van der Waals surface area (Å²) < 4.78 is 53.6. The molecule has 2 N–H and O–H groups in total. The van der Waals surface area contributed by atoms with Crippen LogP contribution >= 0.6 is 11.6 Å². The average molecular weight is 454 g/mol. The van der Waals surface area contributed by atoms with E-state index in [-0.39, 0.29) is 22.1 Å². The molecule has 0 bridgehead atoms. The van der Waals surface area contributed by atoms with E-state index in [9.17, 15) is 17.2 Å². The van der Waals surface area contributed by atoms with Crippen molar-refractivity contribution in [2.75, 3.05) is 5.75 Å². The zero-order valence-electron chi connectivity index (χ0n) is 17.0. The van der Waals surface area contributed by atoms with Crippen LogP contribution in [0.4, 0.5) is 8.78 Å². The number of nitrogens with zero attached hydrogens (tertiary/aromatic N) is 2. The van der Waals surface area contributed by atoms with Crippen molar-refractivity contribution in [2.45, 2.75) is 38.0 Å². The first-order chi connectivity index (χ1) is 13.8. The summed E-state index contributed by atoms with van der Waals surface area (Å²) in [5, 5.41) is 0.149. The Balaban J connectivity index is 2.09. The standard InChI is InChI=1S/C21H22ClF2N3O2S/c1-12-7-15(22)18(26-10-12)17(24)9-13-5-6-16(23)14(8-13)21(4)11-30(28,29)20(2,3)19(25)27-21/h5-10H,11H2,1-4H3,(H2,25,27)/b17-9-/t21-/m0/s1. The van der Waals surface area contributed by atoms with Gasteiger partial charge in [0.2, 0.25) is 0 Å². The Morgan fingerprint density at radius 1 is 1.27 bits per heavy atom. The van der Waals surface area contributed by atoms with E-state index in [1.165, 1.54) is 39.1 Å². The predicted molar refractivity (Wildman–Crippen MR) is 116 cm³/mol. The summed E-state index contributed by atoms with van der Waals surface area (Å²) in [6, 6.07) is 5.46. The van der Waals surface area contributed by atoms with Crippen molar-refractivity contribution >= 4 is 39.2 Å². The van der Waals surface area contributed by atoms with E-state index < -0.39 is 37.5 Å². The molecule has 2 heterocycles. The van der Waals surface area contributed by atoms with E-state index in [2.05, 4.69) is 9.98 Å². The monoisotopic (exact) mass is 453 g/mol. The fraction of sp³-hybridized carbons (Fsp3) is 0.333. The van der Waals surface area contributed by atoms with Crippen LogP contribution in [0.5, 0.6) is 0 Å². The SMILES string of the molecule is Cc1cnc(/C(F)=C/c2ccc(F)c([C@]3(C)CS(=O)(=O)C(C)(C)C(N)=N3)c2)c(Cl)c1. The molecule has 0 amide bonds. The number of sulfone groups is 1. The van der Waals surface area contributed by atoms with Crippen LogP contribution in [-0.4, -0.2) is 29.7 Å². The van der Waals surface area contributed by atoms with E-state index in [1.807, 2.05) is 0 Å². The molecule has 1 aliphatic rings. The van der Waals surface area contributed by atoms with Crippen molar-refractivity contribution in [3.8, 4) is 0 Å². The van der Waals surface area contributed by atoms with Crippen LogP contribution in [0.15, 0.2) is 35.5 Å². The number of halogens is 3. The number of hydrogen-bond donors (Lipinski definition) is 1. The van der Waals surface area contributed by atoms with Gasteiger partial charge in [0.05, 0.1) is 10.8 Å². The highest BCUT2D eigenvalue weighted by Crippen LogP contribution is 2.38. The summed E-state index contributed by atoms with van der Waals surface area (Å²) in [7, 11) is -3.71. The summed E-state index contributed by atoms with van der Waals surface area (Å²) in [6.07, 6.45) is 2.64. The normalized spacial score (nSPS) is 23.2. The molecule has 0 unspecified atom stereocenters. The van der Waals surface area contributed by atoms with Crippen LogP contribution in [0, 0.1) is 12.7 Å². The van der Waals surface area contributed by atoms with Gasteiger partial charge >= 0.3 is 0 Å². The fourth-order valence-corrected chi connectivity index (χ4v) is 5.25. The summed E-state index contributed by atoms with van der Waals surface area (Å²) in [6.45, 7) is 6.20. The lowest BCUT2D eigenvalue weighted by Gasteiger charge is -2.38. The highest BCUT2D eigenvalue weighted by atomic mass is 35.5. The third-order valence-corrected chi connectivity index (χ3v) is 8.30. The molecule has 30 heavy (non-hydrogen) atoms. The maximum atomic E-state index is 14.7. The Labute approximate surface area is 179 Å². The molecule has 0 saturated heterocycles. The number of rotatable bonds is 3. The topological polar surface area (TPSA) is 85.4 Å². The van der Waals surface area contributed by atoms with Gasteiger partial charge in [0.25, 0.3) is 0 Å². The Bertz CT molecular complexity index is 1190. The van der Waals surface area contributed by atoms with E-state index in [0.717, 1.165) is 17.7 Å². The quantitative estimate of drug-likeness (QED) is 0.744. The van der Waals surface area contributed by atoms with Crippen molar-refractivity contribution in [1.82, 2.24) is 4.98 Å². The zero-order chi connectivity index (χ0) is 22.5. The molecule has 3 rings (SSSR count). The molecule has 0 fully saturated rings. The maximum Gasteiger partial charge on any atom is 0.165 e. The summed E-state index contributed by atoms with van der Waals surface area (Å²) in [5.74, 6) is -1.89. The lowest BCUT2D eigenvalue weighted by atomic mass is 9.91. The highest BCUT2D eigenvalue weighted by molar-refractivity contribution is 7.93. The second-order valence-corrected chi connectivity index (χ2v) is 11.1. The molecule has 0 radical (unpaired) electrons. The molecule has 9 heteroatoms. The van der Waals surface area contributed by atoms with Gasteiger partial charge in [-0.25, -0.2) is 17.2 Å². The lowest BCUT2D eigenvalue weighted by molar-refractivity contribution is 0.475. The number of aromatic nitrogens is 1. The van der Waals surface area contributed by atoms with E-state index >= 15 is 0 Å². The first-order valence-corrected chi connectivity index (χ1v) is 11.2. The Morgan fingerprint density at radius 2 is 1.93 bits per heavy atom. The number of pyridine rings is 1. The number of amidine groups is 1. The number of aryl methyl sites for hydroxylation is 1. The van der Waals surface area contributed by atoms with Crippen LogP contribution in [-0.2, 0) is 15.4 Å². The second kappa shape index (κ2) is 7.42. The molecule has 0 aliphatic carbocycles. The number of aliphatic imine (C=N–C) groups is 1. The van der Waals surface area contributed by atoms with Crippen LogP contribution in [0.1, 0.15) is 43.2 Å². The summed E-state index contributed by atoms with van der Waals surface area (Å²) >= 11 is 6.06. The van der Waals surface area contributed by atoms with Crippen LogP contribution in [0.25, 0.3) is 11.9 Å². The Hall–Kier alpha value is -2.32.